The minimum Gasteiger partial charge on any atom is -0.394 e. The summed E-state index contributed by atoms with van der Waals surface area (Å²) in [5.74, 6) is 0. The molecule has 0 atom stereocenters. The predicted octanol–water partition coefficient (Wildman–Crippen LogP) is 0.140. The summed E-state index contributed by atoms with van der Waals surface area (Å²) in [4.78, 5) is 0. The van der Waals surface area contributed by atoms with Crippen molar-refractivity contribution >= 4 is 0 Å². The Morgan fingerprint density at radius 3 is 0.224 bits per heavy atom. The average molecular weight is 1440 g/mol. The van der Waals surface area contributed by atoms with Crippen molar-refractivity contribution in [3.8, 4) is 0 Å². The highest BCUT2D eigenvalue weighted by Gasteiger charge is 2.02. The monoisotopic (exact) mass is 1440 g/mol. The Kier molecular flexibility index (Phi) is 94.4. The molecule has 0 unspecified atom stereocenters. The number of hydrogen-bond acceptors (Lipinski definition) is 33. The third-order valence-electron chi connectivity index (χ3n) is 11.8. The number of aliphatic hydroxyl groups excluding tert-OH is 1. The zero-order valence-electron chi connectivity index (χ0n) is 59.8. The highest BCUT2D eigenvalue weighted by Crippen LogP contribution is 1.93. The molecule has 1 N–H and O–H groups in total. The van der Waals surface area contributed by atoms with Gasteiger partial charge in [0.05, 0.1) is 423 Å². The fourth-order valence-corrected chi connectivity index (χ4v) is 6.91. The van der Waals surface area contributed by atoms with Gasteiger partial charge in [0.1, 0.15) is 0 Å². The van der Waals surface area contributed by atoms with Crippen LogP contribution in [-0.2, 0) is 152 Å². The molecule has 0 spiro atoms. The Bertz CT molecular complexity index is 1260. The number of methoxy groups -OCH3 is 1. The van der Waals surface area contributed by atoms with E-state index in [1.807, 2.05) is 0 Å². The van der Waals surface area contributed by atoms with E-state index in [0.717, 1.165) is 0 Å². The molecular weight excluding hydrogens is 1310 g/mol. The highest BCUT2D eigenvalue weighted by atomic mass is 16.6. The summed E-state index contributed by atoms with van der Waals surface area (Å²) in [5.41, 5.74) is 0. The quantitative estimate of drug-likeness (QED) is 0.0792. The molecule has 0 fully saturated rings. The van der Waals surface area contributed by atoms with E-state index in [9.17, 15) is 0 Å². The number of hydrogen-bond donors (Lipinski definition) is 1. The normalized spacial score (nSPS) is 11.8. The van der Waals surface area contributed by atoms with Crippen LogP contribution in [-0.4, -0.2) is 435 Å². The van der Waals surface area contributed by atoms with Gasteiger partial charge in [-0.3, -0.25) is 0 Å². The molecule has 0 aromatic heterocycles. The first-order valence-corrected chi connectivity index (χ1v) is 34.9. The summed E-state index contributed by atoms with van der Waals surface area (Å²) in [7, 11) is 1.64. The second-order valence-electron chi connectivity index (χ2n) is 19.7. The van der Waals surface area contributed by atoms with Gasteiger partial charge in [0.15, 0.2) is 0 Å². The van der Waals surface area contributed by atoms with Crippen LogP contribution in [0.3, 0.4) is 0 Å². The summed E-state index contributed by atoms with van der Waals surface area (Å²) in [5, 5.41) is 8.62. The van der Waals surface area contributed by atoms with E-state index >= 15 is 0 Å². The van der Waals surface area contributed by atoms with E-state index in [0.29, 0.717) is 416 Å². The largest absolute Gasteiger partial charge is 0.394 e. The molecule has 0 heterocycles. The van der Waals surface area contributed by atoms with E-state index < -0.39 is 0 Å². The summed E-state index contributed by atoms with van der Waals surface area (Å²) >= 11 is 0. The minimum atomic E-state index is 0.0162. The molecule has 590 valence electrons. The molecule has 33 nitrogen and oxygen atoms in total. The van der Waals surface area contributed by atoms with Crippen LogP contribution in [0.25, 0.3) is 0 Å². The fraction of sp³-hybridized carbons (Fsp3) is 1.00. The summed E-state index contributed by atoms with van der Waals surface area (Å²) in [6, 6.07) is 0. The third-order valence-corrected chi connectivity index (χ3v) is 11.8. The van der Waals surface area contributed by atoms with Crippen molar-refractivity contribution in [3.05, 3.63) is 0 Å². The number of aliphatic hydroxyl groups is 1. The van der Waals surface area contributed by atoms with Crippen LogP contribution in [0.5, 0.6) is 0 Å². The zero-order valence-corrected chi connectivity index (χ0v) is 59.8. The van der Waals surface area contributed by atoms with Crippen molar-refractivity contribution in [2.24, 2.45) is 0 Å². The summed E-state index contributed by atoms with van der Waals surface area (Å²) in [6.45, 7) is 30.8. The van der Waals surface area contributed by atoms with E-state index in [4.69, 9.17) is 157 Å². The molecule has 0 saturated carbocycles. The SMILES string of the molecule is COCCOCCOCCOCCOCCOCCOCCOCCOCCOCCOCCOCCOCCOCCOCCOCCOCCOCCOCCOCCOCCOCCOCCOCCOCCOCCOCCOCCOCCOCCOCCOCCO. The zero-order chi connectivity index (χ0) is 69.9. The van der Waals surface area contributed by atoms with Crippen LogP contribution in [0.1, 0.15) is 0 Å². The number of rotatable bonds is 95. The lowest BCUT2D eigenvalue weighted by atomic mass is 10.6. The molecule has 0 bridgehead atoms. The fourth-order valence-electron chi connectivity index (χ4n) is 6.91. The molecule has 0 aliphatic rings. The van der Waals surface area contributed by atoms with Crippen LogP contribution < -0.4 is 0 Å². The molecule has 0 aliphatic heterocycles. The molecule has 0 radical (unpaired) electrons. The molecule has 98 heavy (non-hydrogen) atoms. The van der Waals surface area contributed by atoms with Crippen LogP contribution in [0.4, 0.5) is 0 Å². The Morgan fingerprint density at radius 2 is 0.163 bits per heavy atom. The summed E-state index contributed by atoms with van der Waals surface area (Å²) < 4.78 is 175. The van der Waals surface area contributed by atoms with Crippen LogP contribution >= 0.6 is 0 Å². The lowest BCUT2D eigenvalue weighted by Gasteiger charge is -2.09. The Hall–Kier alpha value is -1.32. The maximum atomic E-state index is 8.62. The van der Waals surface area contributed by atoms with Gasteiger partial charge in [0.25, 0.3) is 0 Å². The Balaban J connectivity index is 3.09. The van der Waals surface area contributed by atoms with Gasteiger partial charge in [-0.05, 0) is 0 Å². The van der Waals surface area contributed by atoms with Gasteiger partial charge in [0.2, 0.25) is 0 Å². The van der Waals surface area contributed by atoms with E-state index in [-0.39, 0.29) is 6.61 Å². The highest BCUT2D eigenvalue weighted by molar-refractivity contribution is 4.45. The second kappa shape index (κ2) is 95.7. The van der Waals surface area contributed by atoms with E-state index in [1.165, 1.54) is 0 Å². The minimum absolute atomic E-state index is 0.0162. The standard InChI is InChI=1S/C65H132O33/c1-67-4-5-69-8-9-71-12-13-73-16-17-75-20-21-77-24-25-79-28-29-81-32-33-83-36-37-85-40-41-87-44-45-89-48-49-91-52-53-93-56-57-95-60-61-97-64-65-98-63-62-96-59-58-94-55-54-92-51-50-90-47-46-88-43-42-86-39-38-84-35-34-82-31-30-80-27-26-78-23-22-76-19-18-74-15-14-72-11-10-70-7-6-68-3-2-66/h66H,2-65H2,1H3. The van der Waals surface area contributed by atoms with E-state index in [1.54, 1.807) is 7.11 Å². The van der Waals surface area contributed by atoms with Crippen molar-refractivity contribution in [2.45, 2.75) is 0 Å². The molecule has 33 heteroatoms. The first-order chi connectivity index (χ1) is 48.9. The van der Waals surface area contributed by atoms with Crippen molar-refractivity contribution in [1.82, 2.24) is 0 Å². The van der Waals surface area contributed by atoms with E-state index in [2.05, 4.69) is 0 Å². The van der Waals surface area contributed by atoms with Crippen molar-refractivity contribution in [2.75, 3.05) is 430 Å². The predicted molar refractivity (Wildman–Crippen MR) is 354 cm³/mol. The molecular formula is C65H132O33. The lowest BCUT2D eigenvalue weighted by Crippen LogP contribution is -2.16. The van der Waals surface area contributed by atoms with Gasteiger partial charge in [-0.2, -0.15) is 0 Å². The van der Waals surface area contributed by atoms with Gasteiger partial charge in [-0.1, -0.05) is 0 Å². The maximum absolute atomic E-state index is 8.62. The van der Waals surface area contributed by atoms with Gasteiger partial charge in [-0.25, -0.2) is 0 Å². The maximum Gasteiger partial charge on any atom is 0.0701 e. The van der Waals surface area contributed by atoms with Gasteiger partial charge in [0, 0.05) is 7.11 Å². The molecule has 0 aromatic rings. The smallest absolute Gasteiger partial charge is 0.0701 e. The Labute approximate surface area is 585 Å². The van der Waals surface area contributed by atoms with Crippen molar-refractivity contribution in [3.63, 3.8) is 0 Å². The van der Waals surface area contributed by atoms with Gasteiger partial charge >= 0.3 is 0 Å². The van der Waals surface area contributed by atoms with Crippen molar-refractivity contribution in [1.29, 1.82) is 0 Å². The molecule has 0 aliphatic carbocycles. The van der Waals surface area contributed by atoms with Crippen LogP contribution in [0.15, 0.2) is 0 Å². The molecule has 0 aromatic carbocycles. The average Bonchev–Trinajstić information content (AvgIpc) is 3.63. The van der Waals surface area contributed by atoms with Gasteiger partial charge in [-0.15, -0.1) is 0 Å². The topological polar surface area (TPSA) is 316 Å². The summed E-state index contributed by atoms with van der Waals surface area (Å²) in [6.07, 6.45) is 0. The number of ether oxygens (including phenoxy) is 32. The van der Waals surface area contributed by atoms with Crippen LogP contribution in [0, 0.1) is 0 Å². The first kappa shape index (κ1) is 96.7. The lowest BCUT2D eigenvalue weighted by molar-refractivity contribution is -0.0325. The van der Waals surface area contributed by atoms with Crippen LogP contribution in [0.2, 0.25) is 0 Å². The molecule has 0 rings (SSSR count). The molecule has 0 saturated heterocycles. The molecule has 0 amide bonds. The first-order valence-electron chi connectivity index (χ1n) is 34.9. The Morgan fingerprint density at radius 1 is 0.102 bits per heavy atom. The van der Waals surface area contributed by atoms with Gasteiger partial charge < -0.3 is 157 Å². The third kappa shape index (κ3) is 94.7. The second-order valence-corrected chi connectivity index (χ2v) is 19.7. The van der Waals surface area contributed by atoms with Crippen molar-refractivity contribution < 1.29 is 157 Å².